The number of carbonyl (C=O) groups excluding carboxylic acids is 1. The fourth-order valence-electron chi connectivity index (χ4n) is 2.06. The predicted molar refractivity (Wildman–Crippen MR) is 79.7 cm³/mol. The molecule has 19 heavy (non-hydrogen) atoms. The number of rotatable bonds is 6. The number of nitrogens with two attached hydrogens (primary N) is 2. The van der Waals surface area contributed by atoms with Gasteiger partial charge in [-0.15, -0.1) is 0 Å². The summed E-state index contributed by atoms with van der Waals surface area (Å²) in [5.74, 6) is -0.233. The Balaban J connectivity index is 2.49. The van der Waals surface area contributed by atoms with E-state index in [0.29, 0.717) is 6.42 Å². The van der Waals surface area contributed by atoms with Crippen LogP contribution in [0.3, 0.4) is 0 Å². The minimum Gasteiger partial charge on any atom is -0.370 e. The van der Waals surface area contributed by atoms with Gasteiger partial charge < -0.3 is 11.5 Å². The summed E-state index contributed by atoms with van der Waals surface area (Å²) >= 11 is 0. The molecule has 0 heterocycles. The van der Waals surface area contributed by atoms with Crippen LogP contribution in [0.15, 0.2) is 24.3 Å². The average molecular weight is 262 g/mol. The fraction of sp³-hybridized carbons (Fsp3) is 0.562. The molecule has 4 N–H and O–H groups in total. The van der Waals surface area contributed by atoms with Crippen LogP contribution in [0.2, 0.25) is 0 Å². The van der Waals surface area contributed by atoms with Crippen molar-refractivity contribution in [2.45, 2.75) is 57.9 Å². The van der Waals surface area contributed by atoms with Gasteiger partial charge in [0.1, 0.15) is 0 Å². The maximum Gasteiger partial charge on any atom is 0.217 e. The first kappa shape index (κ1) is 15.7. The van der Waals surface area contributed by atoms with E-state index in [-0.39, 0.29) is 17.4 Å². The molecule has 3 nitrogen and oxygen atoms in total. The molecule has 0 radical (unpaired) electrons. The first-order valence-corrected chi connectivity index (χ1v) is 6.95. The summed E-state index contributed by atoms with van der Waals surface area (Å²) in [6.07, 6.45) is 3.10. The number of carbonyl (C=O) groups is 1. The Morgan fingerprint density at radius 3 is 2.21 bits per heavy atom. The third-order valence-electron chi connectivity index (χ3n) is 3.39. The largest absolute Gasteiger partial charge is 0.370 e. The van der Waals surface area contributed by atoms with Gasteiger partial charge in [-0.05, 0) is 29.4 Å². The highest BCUT2D eigenvalue weighted by atomic mass is 16.1. The molecule has 0 saturated heterocycles. The molecule has 0 fully saturated rings. The molecule has 0 bridgehead atoms. The third-order valence-corrected chi connectivity index (χ3v) is 3.39. The molecular formula is C16H26N2O. The van der Waals surface area contributed by atoms with Crippen LogP contribution in [-0.4, -0.2) is 5.91 Å². The minimum atomic E-state index is -0.233. The van der Waals surface area contributed by atoms with Crippen molar-refractivity contribution in [2.24, 2.45) is 11.5 Å². The van der Waals surface area contributed by atoms with Crippen LogP contribution in [0.1, 0.15) is 63.6 Å². The molecule has 106 valence electrons. The van der Waals surface area contributed by atoms with Gasteiger partial charge >= 0.3 is 0 Å². The van der Waals surface area contributed by atoms with Crippen molar-refractivity contribution in [2.75, 3.05) is 0 Å². The van der Waals surface area contributed by atoms with E-state index < -0.39 is 0 Å². The van der Waals surface area contributed by atoms with Gasteiger partial charge in [0, 0.05) is 12.5 Å². The van der Waals surface area contributed by atoms with Crippen molar-refractivity contribution in [3.63, 3.8) is 0 Å². The van der Waals surface area contributed by atoms with E-state index in [0.717, 1.165) is 24.8 Å². The van der Waals surface area contributed by atoms with Crippen LogP contribution in [0.4, 0.5) is 0 Å². The number of primary amides is 1. The lowest BCUT2D eigenvalue weighted by molar-refractivity contribution is -0.118. The van der Waals surface area contributed by atoms with Gasteiger partial charge in [0.15, 0.2) is 0 Å². The molecule has 1 aromatic rings. The Hall–Kier alpha value is -1.35. The molecule has 0 spiro atoms. The van der Waals surface area contributed by atoms with E-state index in [1.54, 1.807) is 0 Å². The van der Waals surface area contributed by atoms with E-state index in [2.05, 4.69) is 45.0 Å². The Morgan fingerprint density at radius 1 is 1.16 bits per heavy atom. The maximum absolute atomic E-state index is 10.6. The van der Waals surface area contributed by atoms with Crippen LogP contribution in [0.25, 0.3) is 0 Å². The van der Waals surface area contributed by atoms with Crippen molar-refractivity contribution in [3.8, 4) is 0 Å². The van der Waals surface area contributed by atoms with Gasteiger partial charge in [0.2, 0.25) is 5.91 Å². The Labute approximate surface area is 116 Å². The van der Waals surface area contributed by atoms with Crippen LogP contribution in [0, 0.1) is 0 Å². The first-order chi connectivity index (χ1) is 8.80. The summed E-state index contributed by atoms with van der Waals surface area (Å²) in [5.41, 5.74) is 13.9. The number of hydrogen-bond acceptors (Lipinski definition) is 2. The molecule has 0 aromatic heterocycles. The minimum absolute atomic E-state index is 0.0434. The Kier molecular flexibility index (Phi) is 5.55. The number of hydrogen-bond donors (Lipinski definition) is 2. The summed E-state index contributed by atoms with van der Waals surface area (Å²) in [6, 6.07) is 8.57. The molecule has 0 aliphatic rings. The molecule has 1 unspecified atom stereocenters. The van der Waals surface area contributed by atoms with Crippen LogP contribution in [0.5, 0.6) is 0 Å². The Morgan fingerprint density at radius 2 is 1.74 bits per heavy atom. The summed E-state index contributed by atoms with van der Waals surface area (Å²) in [6.45, 7) is 6.60. The molecule has 0 aliphatic carbocycles. The smallest absolute Gasteiger partial charge is 0.217 e. The third kappa shape index (κ3) is 5.43. The molecule has 1 rings (SSSR count). The maximum atomic E-state index is 10.6. The van der Waals surface area contributed by atoms with E-state index >= 15 is 0 Å². The van der Waals surface area contributed by atoms with Crippen molar-refractivity contribution >= 4 is 5.91 Å². The molecule has 0 saturated carbocycles. The summed E-state index contributed by atoms with van der Waals surface area (Å²) < 4.78 is 0. The van der Waals surface area contributed by atoms with Gasteiger partial charge in [-0.1, -0.05) is 51.5 Å². The van der Waals surface area contributed by atoms with E-state index in [4.69, 9.17) is 11.5 Å². The second-order valence-electron chi connectivity index (χ2n) is 6.19. The van der Waals surface area contributed by atoms with Crippen molar-refractivity contribution < 1.29 is 4.79 Å². The van der Waals surface area contributed by atoms with Crippen LogP contribution >= 0.6 is 0 Å². The van der Waals surface area contributed by atoms with Crippen molar-refractivity contribution in [1.29, 1.82) is 0 Å². The predicted octanol–water partition coefficient (Wildman–Crippen LogP) is 3.03. The lowest BCUT2D eigenvalue weighted by Gasteiger charge is -2.20. The van der Waals surface area contributed by atoms with E-state index in [1.165, 1.54) is 5.56 Å². The standard InChI is InChI=1S/C16H26N2O/c1-16(2,3)13-10-8-12(9-11-13)14(17)6-4-5-7-15(18)19/h8-11,14H,4-7,17H2,1-3H3,(H2,18,19). The highest BCUT2D eigenvalue weighted by molar-refractivity contribution is 5.73. The second-order valence-corrected chi connectivity index (χ2v) is 6.19. The van der Waals surface area contributed by atoms with Crippen molar-refractivity contribution in [1.82, 2.24) is 0 Å². The molecule has 0 aliphatic heterocycles. The zero-order valence-electron chi connectivity index (χ0n) is 12.3. The molecule has 1 amide bonds. The SMILES string of the molecule is CC(C)(C)c1ccc(C(N)CCCCC(N)=O)cc1. The van der Waals surface area contributed by atoms with Gasteiger partial charge in [-0.2, -0.15) is 0 Å². The topological polar surface area (TPSA) is 69.1 Å². The molecular weight excluding hydrogens is 236 g/mol. The molecule has 1 atom stereocenters. The fourth-order valence-corrected chi connectivity index (χ4v) is 2.06. The molecule has 1 aromatic carbocycles. The summed E-state index contributed by atoms with van der Waals surface area (Å²) in [4.78, 5) is 10.6. The van der Waals surface area contributed by atoms with E-state index in [1.807, 2.05) is 0 Å². The van der Waals surface area contributed by atoms with Gasteiger partial charge in [-0.25, -0.2) is 0 Å². The quantitative estimate of drug-likeness (QED) is 0.774. The second kappa shape index (κ2) is 6.71. The first-order valence-electron chi connectivity index (χ1n) is 6.95. The highest BCUT2D eigenvalue weighted by Crippen LogP contribution is 2.24. The number of benzene rings is 1. The highest BCUT2D eigenvalue weighted by Gasteiger charge is 2.14. The van der Waals surface area contributed by atoms with E-state index in [9.17, 15) is 4.79 Å². The number of amides is 1. The van der Waals surface area contributed by atoms with Gasteiger partial charge in [-0.3, -0.25) is 4.79 Å². The average Bonchev–Trinajstić information content (AvgIpc) is 2.33. The van der Waals surface area contributed by atoms with Gasteiger partial charge in [0.05, 0.1) is 0 Å². The van der Waals surface area contributed by atoms with Crippen LogP contribution < -0.4 is 11.5 Å². The zero-order chi connectivity index (χ0) is 14.5. The zero-order valence-corrected chi connectivity index (χ0v) is 12.3. The normalized spacial score (nSPS) is 13.3. The lowest BCUT2D eigenvalue weighted by Crippen LogP contribution is -2.14. The summed E-state index contributed by atoms with van der Waals surface area (Å²) in [7, 11) is 0. The summed E-state index contributed by atoms with van der Waals surface area (Å²) in [5, 5.41) is 0. The molecule has 3 heteroatoms. The monoisotopic (exact) mass is 262 g/mol. The van der Waals surface area contributed by atoms with Gasteiger partial charge in [0.25, 0.3) is 0 Å². The van der Waals surface area contributed by atoms with Crippen LogP contribution in [-0.2, 0) is 10.2 Å². The number of unbranched alkanes of at least 4 members (excludes halogenated alkanes) is 1. The Bertz CT molecular complexity index is 404. The lowest BCUT2D eigenvalue weighted by atomic mass is 9.86. The van der Waals surface area contributed by atoms with Crippen molar-refractivity contribution in [3.05, 3.63) is 35.4 Å².